The van der Waals surface area contributed by atoms with Crippen LogP contribution in [0, 0.1) is 0 Å². The molecule has 0 unspecified atom stereocenters. The Bertz CT molecular complexity index is 782. The molecule has 0 N–H and O–H groups in total. The summed E-state index contributed by atoms with van der Waals surface area (Å²) in [6, 6.07) is 0. The molecule has 1 aliphatic rings. The molecule has 0 aliphatic carbocycles. The first-order chi connectivity index (χ1) is 16.2. The Morgan fingerprint density at radius 2 is 1.37 bits per heavy atom. The Balaban J connectivity index is 3.51. The van der Waals surface area contributed by atoms with Crippen molar-refractivity contribution in [1.29, 1.82) is 0 Å². The van der Waals surface area contributed by atoms with Crippen molar-refractivity contribution in [2.45, 2.75) is 96.2 Å². The Morgan fingerprint density at radius 3 is 1.83 bits per heavy atom. The molecule has 0 bridgehead atoms. The van der Waals surface area contributed by atoms with Gasteiger partial charge in [0.05, 0.1) is 0 Å². The van der Waals surface area contributed by atoms with E-state index in [1.165, 1.54) is 20.8 Å². The maximum atomic E-state index is 12.3. The van der Waals surface area contributed by atoms with Gasteiger partial charge in [-0.2, -0.15) is 0 Å². The highest BCUT2D eigenvalue weighted by atomic mass is 79.9. The van der Waals surface area contributed by atoms with Crippen molar-refractivity contribution in [2.75, 3.05) is 13.2 Å². The molecule has 0 aromatic heterocycles. The first kappa shape index (κ1) is 30.9. The van der Waals surface area contributed by atoms with Crippen molar-refractivity contribution in [2.24, 2.45) is 0 Å². The summed E-state index contributed by atoms with van der Waals surface area (Å²) >= 11 is 3.32. The smallest absolute Gasteiger partial charge is 0.303 e. The molecule has 1 aliphatic heterocycles. The summed E-state index contributed by atoms with van der Waals surface area (Å²) in [4.78, 5) is 59.4. The van der Waals surface area contributed by atoms with Crippen LogP contribution in [0.1, 0.15) is 54.9 Å². The lowest BCUT2D eigenvalue weighted by molar-refractivity contribution is -0.341. The third-order valence-corrected chi connectivity index (χ3v) is 5.74. The van der Waals surface area contributed by atoms with Crippen LogP contribution in [0.4, 0.5) is 0 Å². The summed E-state index contributed by atoms with van der Waals surface area (Å²) in [7, 11) is 0. The van der Waals surface area contributed by atoms with Crippen LogP contribution in [0.15, 0.2) is 0 Å². The van der Waals surface area contributed by atoms with E-state index in [9.17, 15) is 24.0 Å². The number of hydrogen-bond acceptors (Lipinski definition) is 12. The molecule has 1 saturated heterocycles. The number of ether oxygens (including phenoxy) is 7. The maximum Gasteiger partial charge on any atom is 0.303 e. The average molecular weight is 569 g/mol. The summed E-state index contributed by atoms with van der Waals surface area (Å²) in [5.41, 5.74) is 0. The molecule has 35 heavy (non-hydrogen) atoms. The second-order valence-corrected chi connectivity index (χ2v) is 9.69. The van der Waals surface area contributed by atoms with Crippen molar-refractivity contribution >= 4 is 45.6 Å². The van der Waals surface area contributed by atoms with E-state index >= 15 is 0 Å². The summed E-state index contributed by atoms with van der Waals surface area (Å²) in [5, 5.41) is 0. The first-order valence-corrected chi connectivity index (χ1v) is 11.8. The predicted octanol–water partition coefficient (Wildman–Crippen LogP) is 1.58. The fraction of sp³-hybridized carbons (Fsp3) is 0.773. The second kappa shape index (κ2) is 13.9. The molecule has 0 spiro atoms. The zero-order valence-electron chi connectivity index (χ0n) is 20.9. The van der Waals surface area contributed by atoms with E-state index in [1.807, 2.05) is 6.92 Å². The Labute approximate surface area is 212 Å². The van der Waals surface area contributed by atoms with Crippen molar-refractivity contribution in [3.8, 4) is 0 Å². The fourth-order valence-electron chi connectivity index (χ4n) is 3.13. The monoisotopic (exact) mass is 568 g/mol. The van der Waals surface area contributed by atoms with Crippen LogP contribution in [-0.4, -0.2) is 84.2 Å². The van der Waals surface area contributed by atoms with Gasteiger partial charge in [0.2, 0.25) is 6.29 Å². The molecule has 13 heteroatoms. The number of halogens is 1. The molecule has 1 rings (SSSR count). The molecule has 0 aromatic carbocycles. The number of rotatable bonds is 12. The summed E-state index contributed by atoms with van der Waals surface area (Å²) < 4.78 is 37.3. The number of carbonyl (C=O) groups is 5. The molecule has 7 atom stereocenters. The predicted molar refractivity (Wildman–Crippen MR) is 121 cm³/mol. The van der Waals surface area contributed by atoms with Gasteiger partial charge in [-0.1, -0.05) is 22.9 Å². The standard InChI is InChI=1S/C22H33BrO12/c1-8-9-29-21(22(7,23)11(2)24)35-20-19(33-15(6)28)18(32-14(5)27)17(31-13(4)26)16(34-20)10-30-12(3)25/h16-21H,8-10H2,1-7H3/t16-,17-,18+,19-,20+,21-,22+/m1/s1. The Kier molecular flexibility index (Phi) is 12.2. The lowest BCUT2D eigenvalue weighted by atomic mass is 9.98. The highest BCUT2D eigenvalue weighted by molar-refractivity contribution is 9.10. The highest BCUT2D eigenvalue weighted by Gasteiger charge is 2.54. The van der Waals surface area contributed by atoms with Gasteiger partial charge in [0.15, 0.2) is 30.4 Å². The minimum absolute atomic E-state index is 0.213. The molecular formula is C22H33BrO12. The van der Waals surface area contributed by atoms with Crippen molar-refractivity contribution < 1.29 is 57.1 Å². The quantitative estimate of drug-likeness (QED) is 0.145. The summed E-state index contributed by atoms with van der Waals surface area (Å²) in [5.74, 6) is -3.28. The molecule has 0 aromatic rings. The molecule has 0 saturated carbocycles. The van der Waals surface area contributed by atoms with Crippen LogP contribution in [-0.2, 0) is 57.1 Å². The molecule has 0 radical (unpaired) electrons. The molecule has 1 heterocycles. The van der Waals surface area contributed by atoms with Crippen LogP contribution >= 0.6 is 15.9 Å². The van der Waals surface area contributed by atoms with Crippen LogP contribution in [0.5, 0.6) is 0 Å². The van der Waals surface area contributed by atoms with Crippen molar-refractivity contribution in [3.63, 3.8) is 0 Å². The van der Waals surface area contributed by atoms with Crippen molar-refractivity contribution in [3.05, 3.63) is 0 Å². The number of ketones is 1. The lowest BCUT2D eigenvalue weighted by Crippen LogP contribution is -2.64. The number of esters is 4. The zero-order valence-corrected chi connectivity index (χ0v) is 22.4. The molecular weight excluding hydrogens is 536 g/mol. The molecule has 0 amide bonds. The number of Topliss-reactive ketones (excluding diaryl/α,β-unsaturated/α-hetero) is 1. The minimum Gasteiger partial charge on any atom is -0.463 e. The van der Waals surface area contributed by atoms with Crippen LogP contribution in [0.2, 0.25) is 0 Å². The van der Waals surface area contributed by atoms with E-state index in [1.54, 1.807) is 0 Å². The van der Waals surface area contributed by atoms with Crippen LogP contribution in [0.3, 0.4) is 0 Å². The number of carbonyl (C=O) groups excluding carboxylic acids is 5. The largest absolute Gasteiger partial charge is 0.463 e. The Morgan fingerprint density at radius 1 is 0.857 bits per heavy atom. The average Bonchev–Trinajstić information content (AvgIpc) is 2.72. The minimum atomic E-state index is -1.48. The lowest BCUT2D eigenvalue weighted by Gasteiger charge is -2.45. The summed E-state index contributed by atoms with van der Waals surface area (Å²) in [6.07, 6.45) is -7.45. The molecule has 200 valence electrons. The van der Waals surface area contributed by atoms with Gasteiger partial charge in [-0.05, 0) is 20.3 Å². The van der Waals surface area contributed by atoms with Gasteiger partial charge in [0.25, 0.3) is 0 Å². The normalized spacial score (nSPS) is 26.6. The Hall–Kier alpha value is -2.09. The highest BCUT2D eigenvalue weighted by Crippen LogP contribution is 2.34. The van der Waals surface area contributed by atoms with Gasteiger partial charge in [-0.3, -0.25) is 24.0 Å². The van der Waals surface area contributed by atoms with Gasteiger partial charge in [0.1, 0.15) is 17.0 Å². The topological polar surface area (TPSA) is 150 Å². The van der Waals surface area contributed by atoms with E-state index in [0.717, 1.165) is 20.8 Å². The number of hydrogen-bond donors (Lipinski definition) is 0. The molecule has 12 nitrogen and oxygen atoms in total. The van der Waals surface area contributed by atoms with E-state index < -0.39 is 71.8 Å². The van der Waals surface area contributed by atoms with Gasteiger partial charge >= 0.3 is 23.9 Å². The van der Waals surface area contributed by atoms with Crippen molar-refractivity contribution in [1.82, 2.24) is 0 Å². The van der Waals surface area contributed by atoms with Gasteiger partial charge in [-0.15, -0.1) is 0 Å². The van der Waals surface area contributed by atoms with E-state index in [0.29, 0.717) is 6.42 Å². The van der Waals surface area contributed by atoms with E-state index in [-0.39, 0.29) is 12.4 Å². The van der Waals surface area contributed by atoms with Gasteiger partial charge in [0, 0.05) is 34.3 Å². The fourth-order valence-corrected chi connectivity index (χ4v) is 3.37. The van der Waals surface area contributed by atoms with Gasteiger partial charge in [-0.25, -0.2) is 0 Å². The third-order valence-electron chi connectivity index (χ3n) is 4.81. The maximum absolute atomic E-state index is 12.3. The summed E-state index contributed by atoms with van der Waals surface area (Å²) in [6.45, 7) is 9.03. The second-order valence-electron chi connectivity index (χ2n) is 8.04. The van der Waals surface area contributed by atoms with E-state index in [2.05, 4.69) is 15.9 Å². The third kappa shape index (κ3) is 9.47. The SMILES string of the molecule is CCCO[C@H](O[C@@H]1O[C@H](COC(C)=O)[C@@H](OC(C)=O)[C@H](OC(C)=O)[C@H]1OC(C)=O)[C@@](C)(Br)C(C)=O. The van der Waals surface area contributed by atoms with Crippen LogP contribution < -0.4 is 0 Å². The van der Waals surface area contributed by atoms with Crippen LogP contribution in [0.25, 0.3) is 0 Å². The molecule has 1 fully saturated rings. The zero-order chi connectivity index (χ0) is 26.9. The number of alkyl halides is 1. The van der Waals surface area contributed by atoms with Gasteiger partial charge < -0.3 is 33.2 Å². The first-order valence-electron chi connectivity index (χ1n) is 11.0. The van der Waals surface area contributed by atoms with E-state index in [4.69, 9.17) is 33.2 Å².